The Morgan fingerprint density at radius 3 is 2.73 bits per heavy atom. The predicted octanol–water partition coefficient (Wildman–Crippen LogP) is 3.40. The summed E-state index contributed by atoms with van der Waals surface area (Å²) in [6, 6.07) is 0.00150. The van der Waals surface area contributed by atoms with Crippen molar-refractivity contribution in [3.8, 4) is 0 Å². The lowest BCUT2D eigenvalue weighted by atomic mass is 9.93. The average Bonchev–Trinajstić information content (AvgIpc) is 2.96. The van der Waals surface area contributed by atoms with E-state index >= 15 is 0 Å². The second-order valence-corrected chi connectivity index (χ2v) is 8.23. The van der Waals surface area contributed by atoms with Crippen LogP contribution in [0.5, 0.6) is 0 Å². The summed E-state index contributed by atoms with van der Waals surface area (Å²) >= 11 is 1.64. The zero-order valence-electron chi connectivity index (χ0n) is 14.2. The Bertz CT molecular complexity index is 486. The fourth-order valence-corrected chi connectivity index (χ4v) is 3.76. The molecule has 2 rings (SSSR count). The second-order valence-electron chi connectivity index (χ2n) is 7.34. The lowest BCUT2D eigenvalue weighted by Crippen LogP contribution is -2.30. The van der Waals surface area contributed by atoms with Gasteiger partial charge in [-0.1, -0.05) is 20.8 Å². The molecule has 22 heavy (non-hydrogen) atoms. The Labute approximate surface area is 138 Å². The molecule has 2 heterocycles. The average molecular weight is 324 g/mol. The van der Waals surface area contributed by atoms with E-state index in [1.54, 1.807) is 11.3 Å². The van der Waals surface area contributed by atoms with Crippen LogP contribution < -0.4 is 10.6 Å². The maximum atomic E-state index is 12.1. The number of carbonyl (C=O) groups is 1. The smallest absolute Gasteiger partial charge is 0.220 e. The number of piperidine rings is 1. The molecule has 5 heteroatoms. The van der Waals surface area contributed by atoms with E-state index in [0.29, 0.717) is 12.3 Å². The van der Waals surface area contributed by atoms with Crippen molar-refractivity contribution in [2.45, 2.75) is 64.8 Å². The molecule has 0 saturated carbocycles. The molecule has 0 aromatic carbocycles. The molecule has 2 N–H and O–H groups in total. The van der Waals surface area contributed by atoms with Gasteiger partial charge in [-0.15, -0.1) is 11.3 Å². The quantitative estimate of drug-likeness (QED) is 0.873. The third-order valence-electron chi connectivity index (χ3n) is 4.28. The fourth-order valence-electron chi connectivity index (χ4n) is 2.71. The van der Waals surface area contributed by atoms with E-state index in [2.05, 4.69) is 41.8 Å². The standard InChI is InChI=1S/C17H29N3OS/c1-12(16-20-14(11-22-16)17(2,3)4)19-15(21)6-5-13-7-9-18-10-8-13/h11-13,18H,5-10H2,1-4H3,(H,19,21). The molecule has 1 aliphatic heterocycles. The van der Waals surface area contributed by atoms with Gasteiger partial charge >= 0.3 is 0 Å². The maximum Gasteiger partial charge on any atom is 0.220 e. The molecule has 0 spiro atoms. The highest BCUT2D eigenvalue weighted by molar-refractivity contribution is 7.09. The van der Waals surface area contributed by atoms with Gasteiger partial charge in [0.25, 0.3) is 0 Å². The number of nitrogens with zero attached hydrogens (tertiary/aromatic N) is 1. The largest absolute Gasteiger partial charge is 0.347 e. The van der Waals surface area contributed by atoms with Crippen molar-refractivity contribution in [2.75, 3.05) is 13.1 Å². The number of hydrogen-bond acceptors (Lipinski definition) is 4. The molecule has 4 nitrogen and oxygen atoms in total. The zero-order chi connectivity index (χ0) is 16.2. The van der Waals surface area contributed by atoms with Crippen LogP contribution in [0.15, 0.2) is 5.38 Å². The highest BCUT2D eigenvalue weighted by Gasteiger charge is 2.21. The van der Waals surface area contributed by atoms with Crippen LogP contribution in [0.1, 0.15) is 70.1 Å². The van der Waals surface area contributed by atoms with Crippen LogP contribution >= 0.6 is 11.3 Å². The Kier molecular flexibility index (Phi) is 5.98. The van der Waals surface area contributed by atoms with E-state index in [-0.39, 0.29) is 17.4 Å². The van der Waals surface area contributed by atoms with Crippen LogP contribution in [0.25, 0.3) is 0 Å². The summed E-state index contributed by atoms with van der Waals surface area (Å²) in [5, 5.41) is 9.56. The Morgan fingerprint density at radius 2 is 2.14 bits per heavy atom. The monoisotopic (exact) mass is 323 g/mol. The van der Waals surface area contributed by atoms with E-state index in [1.807, 2.05) is 6.92 Å². The molecule has 1 aromatic heterocycles. The van der Waals surface area contributed by atoms with Gasteiger partial charge in [-0.25, -0.2) is 4.98 Å². The zero-order valence-corrected chi connectivity index (χ0v) is 15.1. The summed E-state index contributed by atoms with van der Waals surface area (Å²) in [6.07, 6.45) is 4.03. The number of aromatic nitrogens is 1. The van der Waals surface area contributed by atoms with Gasteiger partial charge in [0, 0.05) is 17.2 Å². The topological polar surface area (TPSA) is 54.0 Å². The summed E-state index contributed by atoms with van der Waals surface area (Å²) in [5.74, 6) is 0.855. The van der Waals surface area contributed by atoms with Gasteiger partial charge in [-0.2, -0.15) is 0 Å². The molecule has 0 bridgehead atoms. The first-order valence-electron chi connectivity index (χ1n) is 8.32. The first-order chi connectivity index (χ1) is 10.4. The van der Waals surface area contributed by atoms with Gasteiger partial charge in [0.1, 0.15) is 5.01 Å². The Morgan fingerprint density at radius 1 is 1.45 bits per heavy atom. The molecule has 0 aliphatic carbocycles. The van der Waals surface area contributed by atoms with Gasteiger partial charge < -0.3 is 10.6 Å². The lowest BCUT2D eigenvalue weighted by Gasteiger charge is -2.22. The van der Waals surface area contributed by atoms with Crippen molar-refractivity contribution >= 4 is 17.2 Å². The first-order valence-corrected chi connectivity index (χ1v) is 9.20. The van der Waals surface area contributed by atoms with Crippen molar-refractivity contribution in [3.05, 3.63) is 16.1 Å². The second kappa shape index (κ2) is 7.55. The molecular formula is C17H29N3OS. The third kappa shape index (κ3) is 5.06. The minimum Gasteiger partial charge on any atom is -0.347 e. The van der Waals surface area contributed by atoms with Gasteiger partial charge in [-0.05, 0) is 45.2 Å². The minimum atomic E-state index is 0.00150. The molecule has 1 aromatic rings. The van der Waals surface area contributed by atoms with Crippen LogP contribution in [0.4, 0.5) is 0 Å². The first kappa shape index (κ1) is 17.4. The van der Waals surface area contributed by atoms with E-state index < -0.39 is 0 Å². The summed E-state index contributed by atoms with van der Waals surface area (Å²) in [7, 11) is 0. The number of nitrogens with one attached hydrogen (secondary N) is 2. The van der Waals surface area contributed by atoms with E-state index in [1.165, 1.54) is 12.8 Å². The molecule has 0 radical (unpaired) electrons. The highest BCUT2D eigenvalue weighted by Crippen LogP contribution is 2.27. The van der Waals surface area contributed by atoms with E-state index in [0.717, 1.165) is 30.2 Å². The van der Waals surface area contributed by atoms with E-state index in [4.69, 9.17) is 0 Å². The molecule has 1 fully saturated rings. The molecule has 1 amide bonds. The van der Waals surface area contributed by atoms with Crippen LogP contribution in [0.2, 0.25) is 0 Å². The van der Waals surface area contributed by atoms with Crippen LogP contribution in [-0.2, 0) is 10.2 Å². The number of thiazole rings is 1. The molecule has 1 saturated heterocycles. The molecule has 1 aliphatic rings. The third-order valence-corrected chi connectivity index (χ3v) is 5.30. The highest BCUT2D eigenvalue weighted by atomic mass is 32.1. The van der Waals surface area contributed by atoms with Gasteiger partial charge in [-0.3, -0.25) is 4.79 Å². The fraction of sp³-hybridized carbons (Fsp3) is 0.765. The Balaban J connectivity index is 1.79. The van der Waals surface area contributed by atoms with Crippen molar-refractivity contribution in [1.29, 1.82) is 0 Å². The summed E-state index contributed by atoms with van der Waals surface area (Å²) < 4.78 is 0. The van der Waals surface area contributed by atoms with Crippen molar-refractivity contribution in [2.24, 2.45) is 5.92 Å². The predicted molar refractivity (Wildman–Crippen MR) is 92.2 cm³/mol. The normalized spacial score (nSPS) is 18.2. The van der Waals surface area contributed by atoms with Crippen molar-refractivity contribution in [1.82, 2.24) is 15.6 Å². The van der Waals surface area contributed by atoms with Gasteiger partial charge in [0.15, 0.2) is 0 Å². The summed E-state index contributed by atoms with van der Waals surface area (Å²) in [6.45, 7) is 10.7. The maximum absolute atomic E-state index is 12.1. The lowest BCUT2D eigenvalue weighted by molar-refractivity contribution is -0.122. The van der Waals surface area contributed by atoms with Crippen LogP contribution in [0, 0.1) is 5.92 Å². The molecular weight excluding hydrogens is 294 g/mol. The van der Waals surface area contributed by atoms with Crippen molar-refractivity contribution < 1.29 is 4.79 Å². The molecule has 1 atom stereocenters. The minimum absolute atomic E-state index is 0.00150. The summed E-state index contributed by atoms with van der Waals surface area (Å²) in [5.41, 5.74) is 1.16. The number of rotatable bonds is 5. The van der Waals surface area contributed by atoms with Gasteiger partial charge in [0.2, 0.25) is 5.91 Å². The Hall–Kier alpha value is -0.940. The van der Waals surface area contributed by atoms with Crippen LogP contribution in [-0.4, -0.2) is 24.0 Å². The van der Waals surface area contributed by atoms with Crippen LogP contribution in [0.3, 0.4) is 0 Å². The number of hydrogen-bond donors (Lipinski definition) is 2. The number of amides is 1. The van der Waals surface area contributed by atoms with E-state index in [9.17, 15) is 4.79 Å². The molecule has 1 unspecified atom stereocenters. The SMILES string of the molecule is CC(NC(=O)CCC1CCNCC1)c1nc(C(C)(C)C)cs1. The summed E-state index contributed by atoms with van der Waals surface area (Å²) in [4.78, 5) is 16.8. The van der Waals surface area contributed by atoms with Gasteiger partial charge in [0.05, 0.1) is 11.7 Å². The van der Waals surface area contributed by atoms with Crippen molar-refractivity contribution in [3.63, 3.8) is 0 Å². The number of carbonyl (C=O) groups excluding carboxylic acids is 1. The molecule has 124 valence electrons.